The summed E-state index contributed by atoms with van der Waals surface area (Å²) in [6.07, 6.45) is 1.00. The zero-order chi connectivity index (χ0) is 8.55. The molecule has 0 saturated heterocycles. The van der Waals surface area contributed by atoms with Crippen molar-refractivity contribution in [3.63, 3.8) is 0 Å². The number of aryl methyl sites for hydroxylation is 1. The minimum Gasteiger partial charge on any atom is -0.320 e. The topological polar surface area (TPSA) is 29.9 Å². The molecule has 0 amide bonds. The van der Waals surface area contributed by atoms with Crippen LogP contribution in [-0.4, -0.2) is 16.1 Å². The van der Waals surface area contributed by atoms with E-state index in [1.165, 1.54) is 10.3 Å². The maximum Gasteiger partial charge on any atom is 0.123 e. The third-order valence-corrected chi connectivity index (χ3v) is 3.07. The van der Waals surface area contributed by atoms with Crippen LogP contribution < -0.4 is 5.32 Å². The van der Waals surface area contributed by atoms with Crippen LogP contribution in [0, 0.1) is 0 Å². The third-order valence-electron chi connectivity index (χ3n) is 2.18. The van der Waals surface area contributed by atoms with Crippen molar-refractivity contribution in [2.75, 3.05) is 6.54 Å². The number of hydrogen-bond acceptors (Lipinski definition) is 2. The highest BCUT2D eigenvalue weighted by molar-refractivity contribution is 9.10. The number of rotatable bonds is 1. The minimum absolute atomic E-state index is 0.901. The lowest BCUT2D eigenvalue weighted by molar-refractivity contribution is 0.500. The van der Waals surface area contributed by atoms with Crippen molar-refractivity contribution < 1.29 is 0 Å². The Balaban J connectivity index is 2.44. The summed E-state index contributed by atoms with van der Waals surface area (Å²) >= 11 is 3.57. The molecule has 0 saturated carbocycles. The van der Waals surface area contributed by atoms with E-state index in [9.17, 15) is 0 Å². The van der Waals surface area contributed by atoms with Gasteiger partial charge in [0.05, 0.1) is 12.2 Å². The first-order valence-electron chi connectivity index (χ1n) is 4.27. The fourth-order valence-electron chi connectivity index (χ4n) is 1.51. The Morgan fingerprint density at radius 1 is 1.67 bits per heavy atom. The smallest absolute Gasteiger partial charge is 0.123 e. The predicted molar refractivity (Wildman–Crippen MR) is 51.0 cm³/mol. The van der Waals surface area contributed by atoms with Crippen molar-refractivity contribution in [3.05, 3.63) is 16.1 Å². The van der Waals surface area contributed by atoms with Gasteiger partial charge in [0.1, 0.15) is 10.4 Å². The number of nitrogens with one attached hydrogen (secondary N) is 1. The molecule has 0 radical (unpaired) electrons. The van der Waals surface area contributed by atoms with Crippen molar-refractivity contribution in [3.8, 4) is 0 Å². The SMILES string of the molecule is CCc1nc2n(c1Br)CCNC2. The molecule has 2 heterocycles. The summed E-state index contributed by atoms with van der Waals surface area (Å²) in [4.78, 5) is 4.52. The summed E-state index contributed by atoms with van der Waals surface area (Å²) in [5.74, 6) is 1.16. The van der Waals surface area contributed by atoms with Gasteiger partial charge in [-0.3, -0.25) is 0 Å². The van der Waals surface area contributed by atoms with E-state index in [2.05, 4.69) is 37.7 Å². The zero-order valence-corrected chi connectivity index (χ0v) is 8.69. The summed E-state index contributed by atoms with van der Waals surface area (Å²) in [5, 5.41) is 3.30. The number of aromatic nitrogens is 2. The van der Waals surface area contributed by atoms with E-state index < -0.39 is 0 Å². The van der Waals surface area contributed by atoms with Gasteiger partial charge in [0.15, 0.2) is 0 Å². The molecule has 66 valence electrons. The van der Waals surface area contributed by atoms with Crippen LogP contribution >= 0.6 is 15.9 Å². The predicted octanol–water partition coefficient (Wildman–Crippen LogP) is 1.31. The average molecular weight is 230 g/mol. The van der Waals surface area contributed by atoms with Gasteiger partial charge in [-0.05, 0) is 22.4 Å². The Morgan fingerprint density at radius 3 is 3.17 bits per heavy atom. The largest absolute Gasteiger partial charge is 0.320 e. The molecule has 0 fully saturated rings. The zero-order valence-electron chi connectivity index (χ0n) is 7.10. The van der Waals surface area contributed by atoms with E-state index in [1.807, 2.05) is 0 Å². The van der Waals surface area contributed by atoms with E-state index >= 15 is 0 Å². The lowest BCUT2D eigenvalue weighted by atomic mass is 10.4. The summed E-state index contributed by atoms with van der Waals surface area (Å²) in [6, 6.07) is 0. The third kappa shape index (κ3) is 1.19. The van der Waals surface area contributed by atoms with Gasteiger partial charge >= 0.3 is 0 Å². The normalized spacial score (nSPS) is 16.2. The van der Waals surface area contributed by atoms with Crippen LogP contribution in [0.2, 0.25) is 0 Å². The van der Waals surface area contributed by atoms with E-state index in [1.54, 1.807) is 0 Å². The number of hydrogen-bond donors (Lipinski definition) is 1. The summed E-state index contributed by atoms with van der Waals surface area (Å²) in [7, 11) is 0. The maximum absolute atomic E-state index is 4.52. The molecule has 0 aliphatic carbocycles. The quantitative estimate of drug-likeness (QED) is 0.788. The van der Waals surface area contributed by atoms with Crippen LogP contribution in [0.4, 0.5) is 0 Å². The Bertz CT molecular complexity index is 293. The molecular formula is C8H12BrN3. The van der Waals surface area contributed by atoms with Crippen molar-refractivity contribution in [2.45, 2.75) is 26.4 Å². The maximum atomic E-state index is 4.52. The molecule has 0 bridgehead atoms. The van der Waals surface area contributed by atoms with Crippen LogP contribution in [0.25, 0.3) is 0 Å². The number of fused-ring (bicyclic) bond motifs is 1. The number of nitrogens with zero attached hydrogens (tertiary/aromatic N) is 2. The molecule has 0 atom stereocenters. The fourth-order valence-corrected chi connectivity index (χ4v) is 2.26. The minimum atomic E-state index is 0.901. The molecule has 1 aromatic heterocycles. The summed E-state index contributed by atoms with van der Waals surface area (Å²) in [6.45, 7) is 5.11. The van der Waals surface area contributed by atoms with Crippen molar-refractivity contribution in [1.29, 1.82) is 0 Å². The first kappa shape index (κ1) is 8.26. The number of imidazole rings is 1. The lowest BCUT2D eigenvalue weighted by Crippen LogP contribution is -2.28. The fraction of sp³-hybridized carbons (Fsp3) is 0.625. The average Bonchev–Trinajstić information content (AvgIpc) is 2.44. The van der Waals surface area contributed by atoms with Gasteiger partial charge in [0.2, 0.25) is 0 Å². The molecule has 3 nitrogen and oxygen atoms in total. The molecule has 0 unspecified atom stereocenters. The van der Waals surface area contributed by atoms with E-state index in [0.717, 1.165) is 31.9 Å². The molecular weight excluding hydrogens is 218 g/mol. The molecule has 12 heavy (non-hydrogen) atoms. The Morgan fingerprint density at radius 2 is 2.50 bits per heavy atom. The lowest BCUT2D eigenvalue weighted by Gasteiger charge is -2.15. The molecule has 1 N–H and O–H groups in total. The van der Waals surface area contributed by atoms with Gasteiger partial charge in [0, 0.05) is 13.1 Å². The molecule has 0 aromatic carbocycles. The van der Waals surface area contributed by atoms with Crippen molar-refractivity contribution >= 4 is 15.9 Å². The monoisotopic (exact) mass is 229 g/mol. The molecule has 1 aromatic rings. The Hall–Kier alpha value is -0.350. The molecule has 0 spiro atoms. The number of halogens is 1. The molecule has 2 rings (SSSR count). The van der Waals surface area contributed by atoms with Gasteiger partial charge in [-0.1, -0.05) is 6.92 Å². The first-order chi connectivity index (χ1) is 5.83. The van der Waals surface area contributed by atoms with Gasteiger partial charge < -0.3 is 9.88 Å². The Labute approximate surface area is 80.3 Å². The van der Waals surface area contributed by atoms with Gasteiger partial charge in [-0.25, -0.2) is 4.98 Å². The van der Waals surface area contributed by atoms with E-state index in [4.69, 9.17) is 0 Å². The van der Waals surface area contributed by atoms with Crippen LogP contribution in [0.1, 0.15) is 18.4 Å². The molecule has 1 aliphatic heterocycles. The van der Waals surface area contributed by atoms with E-state index in [-0.39, 0.29) is 0 Å². The van der Waals surface area contributed by atoms with Crippen LogP contribution in [0.5, 0.6) is 0 Å². The highest BCUT2D eigenvalue weighted by Gasteiger charge is 2.15. The van der Waals surface area contributed by atoms with Crippen molar-refractivity contribution in [1.82, 2.24) is 14.9 Å². The second-order valence-corrected chi connectivity index (χ2v) is 3.70. The molecule has 4 heteroatoms. The van der Waals surface area contributed by atoms with Gasteiger partial charge in [-0.2, -0.15) is 0 Å². The summed E-state index contributed by atoms with van der Waals surface area (Å²) < 4.78 is 3.41. The van der Waals surface area contributed by atoms with E-state index in [0.29, 0.717) is 0 Å². The van der Waals surface area contributed by atoms with Crippen LogP contribution in [0.3, 0.4) is 0 Å². The van der Waals surface area contributed by atoms with Gasteiger partial charge in [-0.15, -0.1) is 0 Å². The summed E-state index contributed by atoms with van der Waals surface area (Å²) in [5.41, 5.74) is 1.17. The van der Waals surface area contributed by atoms with Crippen LogP contribution in [0.15, 0.2) is 4.60 Å². The highest BCUT2D eigenvalue weighted by atomic mass is 79.9. The Kier molecular flexibility index (Phi) is 2.19. The second-order valence-electron chi connectivity index (χ2n) is 2.95. The van der Waals surface area contributed by atoms with Crippen molar-refractivity contribution in [2.24, 2.45) is 0 Å². The standard InChI is InChI=1S/C8H12BrN3/c1-2-6-8(9)12-4-3-10-5-7(12)11-6/h10H,2-5H2,1H3. The highest BCUT2D eigenvalue weighted by Crippen LogP contribution is 2.20. The van der Waals surface area contributed by atoms with Gasteiger partial charge in [0.25, 0.3) is 0 Å². The second kappa shape index (κ2) is 3.18. The van der Waals surface area contributed by atoms with Crippen LogP contribution in [-0.2, 0) is 19.5 Å². The molecule has 1 aliphatic rings. The first-order valence-corrected chi connectivity index (χ1v) is 5.06.